The molecule has 4 rings (SSSR count). The first-order valence-electron chi connectivity index (χ1n) is 7.30. The van der Waals surface area contributed by atoms with E-state index >= 15 is 0 Å². The molecular formula is C18H19N. The Bertz CT molecular complexity index is 602. The summed E-state index contributed by atoms with van der Waals surface area (Å²) in [7, 11) is 0. The maximum absolute atomic E-state index is 2.67. The van der Waals surface area contributed by atoms with Crippen LogP contribution in [-0.2, 0) is 19.4 Å². The van der Waals surface area contributed by atoms with E-state index in [1.165, 1.54) is 31.4 Å². The highest BCUT2D eigenvalue weighted by Gasteiger charge is 2.29. The second kappa shape index (κ2) is 4.50. The normalized spacial score (nSPS) is 22.0. The first-order chi connectivity index (χ1) is 9.42. The zero-order chi connectivity index (χ0) is 12.7. The van der Waals surface area contributed by atoms with Crippen molar-refractivity contribution in [3.05, 3.63) is 70.8 Å². The van der Waals surface area contributed by atoms with E-state index in [0.717, 1.165) is 6.54 Å². The van der Waals surface area contributed by atoms with E-state index in [2.05, 4.69) is 53.4 Å². The summed E-state index contributed by atoms with van der Waals surface area (Å²) in [5, 5.41) is 0. The molecule has 1 atom stereocenters. The zero-order valence-corrected chi connectivity index (χ0v) is 11.2. The summed E-state index contributed by atoms with van der Waals surface area (Å²) in [6.45, 7) is 2.32. The second-order valence-corrected chi connectivity index (χ2v) is 5.74. The third kappa shape index (κ3) is 1.89. The van der Waals surface area contributed by atoms with Gasteiger partial charge in [0.25, 0.3) is 0 Å². The van der Waals surface area contributed by atoms with Crippen LogP contribution in [0.2, 0.25) is 0 Å². The van der Waals surface area contributed by atoms with Crippen LogP contribution in [0.4, 0.5) is 0 Å². The SMILES string of the molecule is c1ccc2c(c1)CCC1c3ccccc3CCN1C2. The van der Waals surface area contributed by atoms with Gasteiger partial charge in [0.05, 0.1) is 0 Å². The molecule has 0 fully saturated rings. The van der Waals surface area contributed by atoms with Crippen molar-refractivity contribution in [2.75, 3.05) is 6.54 Å². The summed E-state index contributed by atoms with van der Waals surface area (Å²) in [6, 6.07) is 18.6. The van der Waals surface area contributed by atoms with Gasteiger partial charge in [-0.2, -0.15) is 0 Å². The van der Waals surface area contributed by atoms with Crippen LogP contribution in [0.3, 0.4) is 0 Å². The van der Waals surface area contributed by atoms with Gasteiger partial charge < -0.3 is 0 Å². The molecule has 0 aromatic heterocycles. The molecule has 19 heavy (non-hydrogen) atoms. The van der Waals surface area contributed by atoms with E-state index in [-0.39, 0.29) is 0 Å². The fourth-order valence-corrected chi connectivity index (χ4v) is 3.70. The molecule has 0 radical (unpaired) electrons. The predicted octanol–water partition coefficient (Wildman–Crippen LogP) is 3.73. The van der Waals surface area contributed by atoms with Gasteiger partial charge in [-0.15, -0.1) is 0 Å². The fraction of sp³-hybridized carbons (Fsp3) is 0.333. The quantitative estimate of drug-likeness (QED) is 0.687. The lowest BCUT2D eigenvalue weighted by atomic mass is 9.90. The van der Waals surface area contributed by atoms with Crippen molar-refractivity contribution in [2.24, 2.45) is 0 Å². The Balaban J connectivity index is 1.74. The molecule has 0 amide bonds. The van der Waals surface area contributed by atoms with Crippen LogP contribution < -0.4 is 0 Å². The minimum absolute atomic E-state index is 0.623. The number of fused-ring (bicyclic) bond motifs is 4. The molecule has 2 heterocycles. The monoisotopic (exact) mass is 249 g/mol. The van der Waals surface area contributed by atoms with Gasteiger partial charge in [-0.25, -0.2) is 0 Å². The standard InChI is InChI=1S/C18H19N/c1-2-7-16-13-19-12-11-15-6-3-4-8-17(15)18(19)10-9-14(16)5-1/h1-8,18H,9-13H2. The summed E-state index contributed by atoms with van der Waals surface area (Å²) < 4.78 is 0. The fourth-order valence-electron chi connectivity index (χ4n) is 3.70. The molecule has 2 aliphatic heterocycles. The van der Waals surface area contributed by atoms with E-state index in [1.54, 1.807) is 16.7 Å². The van der Waals surface area contributed by atoms with Gasteiger partial charge in [-0.3, -0.25) is 4.90 Å². The molecule has 0 aliphatic carbocycles. The molecule has 2 aromatic rings. The minimum Gasteiger partial charge on any atom is -0.292 e. The molecule has 1 unspecified atom stereocenters. The van der Waals surface area contributed by atoms with Crippen LogP contribution >= 0.6 is 0 Å². The highest BCUT2D eigenvalue weighted by molar-refractivity contribution is 5.35. The first kappa shape index (κ1) is 11.2. The van der Waals surface area contributed by atoms with Crippen LogP contribution in [0.25, 0.3) is 0 Å². The molecule has 0 N–H and O–H groups in total. The number of nitrogens with zero attached hydrogens (tertiary/aromatic N) is 1. The first-order valence-corrected chi connectivity index (χ1v) is 7.30. The lowest BCUT2D eigenvalue weighted by molar-refractivity contribution is 0.174. The van der Waals surface area contributed by atoms with Gasteiger partial charge in [0.1, 0.15) is 0 Å². The Hall–Kier alpha value is -1.60. The highest BCUT2D eigenvalue weighted by atomic mass is 15.2. The van der Waals surface area contributed by atoms with Crippen molar-refractivity contribution in [1.82, 2.24) is 4.90 Å². The third-order valence-electron chi connectivity index (χ3n) is 4.70. The van der Waals surface area contributed by atoms with E-state index in [1.807, 2.05) is 0 Å². The number of rotatable bonds is 0. The molecule has 96 valence electrons. The number of hydrogen-bond donors (Lipinski definition) is 0. The lowest BCUT2D eigenvalue weighted by Crippen LogP contribution is -2.34. The van der Waals surface area contributed by atoms with E-state index < -0.39 is 0 Å². The maximum atomic E-state index is 2.67. The molecule has 0 bridgehead atoms. The van der Waals surface area contributed by atoms with Gasteiger partial charge in [0.2, 0.25) is 0 Å². The summed E-state index contributed by atoms with van der Waals surface area (Å²) in [4.78, 5) is 2.67. The van der Waals surface area contributed by atoms with Crippen LogP contribution in [0, 0.1) is 0 Å². The zero-order valence-electron chi connectivity index (χ0n) is 11.2. The summed E-state index contributed by atoms with van der Waals surface area (Å²) in [6.07, 6.45) is 3.68. The van der Waals surface area contributed by atoms with Gasteiger partial charge in [-0.1, -0.05) is 48.5 Å². The smallest absolute Gasteiger partial charge is 0.0357 e. The molecular weight excluding hydrogens is 230 g/mol. The average molecular weight is 249 g/mol. The number of aryl methyl sites for hydroxylation is 1. The third-order valence-corrected chi connectivity index (χ3v) is 4.70. The highest BCUT2D eigenvalue weighted by Crippen LogP contribution is 2.36. The number of hydrogen-bond acceptors (Lipinski definition) is 1. The van der Waals surface area contributed by atoms with Crippen molar-refractivity contribution in [2.45, 2.75) is 31.8 Å². The Morgan fingerprint density at radius 2 is 1.53 bits per heavy atom. The maximum Gasteiger partial charge on any atom is 0.0357 e. The van der Waals surface area contributed by atoms with E-state index in [9.17, 15) is 0 Å². The van der Waals surface area contributed by atoms with Gasteiger partial charge in [0.15, 0.2) is 0 Å². The lowest BCUT2D eigenvalue weighted by Gasteiger charge is -2.36. The molecule has 0 spiro atoms. The Morgan fingerprint density at radius 1 is 0.789 bits per heavy atom. The molecule has 1 heteroatoms. The Morgan fingerprint density at radius 3 is 2.42 bits per heavy atom. The Kier molecular flexibility index (Phi) is 2.66. The minimum atomic E-state index is 0.623. The summed E-state index contributed by atoms with van der Waals surface area (Å²) >= 11 is 0. The molecule has 2 aromatic carbocycles. The largest absolute Gasteiger partial charge is 0.292 e. The van der Waals surface area contributed by atoms with E-state index in [0.29, 0.717) is 6.04 Å². The van der Waals surface area contributed by atoms with Gasteiger partial charge in [-0.05, 0) is 41.5 Å². The van der Waals surface area contributed by atoms with E-state index in [4.69, 9.17) is 0 Å². The molecule has 0 saturated heterocycles. The molecule has 2 aliphatic rings. The van der Waals surface area contributed by atoms with Crippen molar-refractivity contribution in [3.63, 3.8) is 0 Å². The van der Waals surface area contributed by atoms with Crippen LogP contribution in [-0.4, -0.2) is 11.4 Å². The van der Waals surface area contributed by atoms with Crippen LogP contribution in [0.1, 0.15) is 34.7 Å². The van der Waals surface area contributed by atoms with Gasteiger partial charge in [0, 0.05) is 19.1 Å². The van der Waals surface area contributed by atoms with Crippen molar-refractivity contribution >= 4 is 0 Å². The Labute approximate surface area is 114 Å². The molecule has 0 saturated carbocycles. The summed E-state index contributed by atoms with van der Waals surface area (Å²) in [5.74, 6) is 0. The average Bonchev–Trinajstić information content (AvgIpc) is 2.66. The summed E-state index contributed by atoms with van der Waals surface area (Å²) in [5.41, 5.74) is 6.22. The van der Waals surface area contributed by atoms with Gasteiger partial charge >= 0.3 is 0 Å². The second-order valence-electron chi connectivity index (χ2n) is 5.74. The predicted molar refractivity (Wildman–Crippen MR) is 78.1 cm³/mol. The topological polar surface area (TPSA) is 3.24 Å². The van der Waals surface area contributed by atoms with Crippen molar-refractivity contribution < 1.29 is 0 Å². The van der Waals surface area contributed by atoms with Crippen molar-refractivity contribution in [3.8, 4) is 0 Å². The molecule has 1 nitrogen and oxygen atoms in total. The van der Waals surface area contributed by atoms with Crippen molar-refractivity contribution in [1.29, 1.82) is 0 Å². The van der Waals surface area contributed by atoms with Crippen LogP contribution in [0.5, 0.6) is 0 Å². The number of benzene rings is 2. The van der Waals surface area contributed by atoms with Crippen LogP contribution in [0.15, 0.2) is 48.5 Å².